The summed E-state index contributed by atoms with van der Waals surface area (Å²) in [6.45, 7) is 7.35. The van der Waals surface area contributed by atoms with E-state index in [1.54, 1.807) is 0 Å². The van der Waals surface area contributed by atoms with Crippen molar-refractivity contribution in [1.29, 1.82) is 0 Å². The number of aromatic nitrogens is 3. The van der Waals surface area contributed by atoms with Crippen LogP contribution in [0.25, 0.3) is 0 Å². The van der Waals surface area contributed by atoms with Gasteiger partial charge in [-0.2, -0.15) is 0 Å². The Labute approximate surface area is 129 Å². The van der Waals surface area contributed by atoms with E-state index in [4.69, 9.17) is 5.11 Å². The second-order valence-electron chi connectivity index (χ2n) is 6.04. The maximum atomic E-state index is 10.8. The van der Waals surface area contributed by atoms with Crippen molar-refractivity contribution in [2.24, 2.45) is 5.92 Å². The summed E-state index contributed by atoms with van der Waals surface area (Å²) in [7, 11) is 2.16. The average molecular weight is 312 g/mol. The number of thioether (sulfide) groups is 1. The second-order valence-corrected chi connectivity index (χ2v) is 6.98. The smallest absolute Gasteiger partial charge is 0.313 e. The Hall–Kier alpha value is -1.08. The lowest BCUT2D eigenvalue weighted by Gasteiger charge is -2.29. The van der Waals surface area contributed by atoms with Gasteiger partial charge in [0.15, 0.2) is 5.16 Å². The van der Waals surface area contributed by atoms with Crippen LogP contribution in [-0.2, 0) is 11.3 Å². The molecular weight excluding hydrogens is 288 g/mol. The maximum absolute atomic E-state index is 10.8. The first-order valence-electron chi connectivity index (χ1n) is 7.43. The summed E-state index contributed by atoms with van der Waals surface area (Å²) in [5.41, 5.74) is 0. The number of likely N-dealkylation sites (tertiary alicyclic amines) is 1. The molecule has 1 aromatic heterocycles. The molecule has 6 nitrogen and oxygen atoms in total. The molecule has 0 amide bonds. The maximum Gasteiger partial charge on any atom is 0.313 e. The van der Waals surface area contributed by atoms with Crippen LogP contribution in [0.5, 0.6) is 0 Å². The quantitative estimate of drug-likeness (QED) is 0.809. The molecule has 1 aliphatic rings. The van der Waals surface area contributed by atoms with E-state index >= 15 is 0 Å². The van der Waals surface area contributed by atoms with Crippen LogP contribution in [0.1, 0.15) is 38.4 Å². The largest absolute Gasteiger partial charge is 0.481 e. The third kappa shape index (κ3) is 4.44. The van der Waals surface area contributed by atoms with E-state index < -0.39 is 5.97 Å². The molecule has 7 heteroatoms. The van der Waals surface area contributed by atoms with Gasteiger partial charge >= 0.3 is 5.97 Å². The summed E-state index contributed by atoms with van der Waals surface area (Å²) in [5.74, 6) is 1.09. The summed E-state index contributed by atoms with van der Waals surface area (Å²) in [4.78, 5) is 13.1. The van der Waals surface area contributed by atoms with E-state index in [1.807, 2.05) is 0 Å². The summed E-state index contributed by atoms with van der Waals surface area (Å²) in [6.07, 6.45) is 2.35. The first kappa shape index (κ1) is 16.3. The van der Waals surface area contributed by atoms with Crippen LogP contribution in [0.2, 0.25) is 0 Å². The van der Waals surface area contributed by atoms with Crippen LogP contribution in [0, 0.1) is 5.92 Å². The molecule has 2 rings (SSSR count). The van der Waals surface area contributed by atoms with Crippen LogP contribution >= 0.6 is 11.8 Å². The molecule has 0 atom stereocenters. The predicted molar refractivity (Wildman–Crippen MR) is 82.7 cm³/mol. The van der Waals surface area contributed by atoms with Gasteiger partial charge in [-0.25, -0.2) is 0 Å². The average Bonchev–Trinajstić information content (AvgIpc) is 2.82. The van der Waals surface area contributed by atoms with Gasteiger partial charge in [-0.3, -0.25) is 4.79 Å². The lowest BCUT2D eigenvalue weighted by Crippen LogP contribution is -2.32. The molecule has 1 fully saturated rings. The number of carboxylic acid groups (broad SMARTS) is 1. The first-order chi connectivity index (χ1) is 9.97. The molecule has 0 saturated carbocycles. The van der Waals surface area contributed by atoms with Gasteiger partial charge in [0.1, 0.15) is 5.82 Å². The minimum Gasteiger partial charge on any atom is -0.481 e. The fraction of sp³-hybridized carbons (Fsp3) is 0.786. The van der Waals surface area contributed by atoms with Crippen molar-refractivity contribution in [1.82, 2.24) is 19.7 Å². The number of nitrogens with zero attached hydrogens (tertiary/aromatic N) is 4. The highest BCUT2D eigenvalue weighted by molar-refractivity contribution is 7.99. The van der Waals surface area contributed by atoms with Crippen molar-refractivity contribution in [3.63, 3.8) is 0 Å². The van der Waals surface area contributed by atoms with Gasteiger partial charge in [0.25, 0.3) is 0 Å². The Morgan fingerprint density at radius 3 is 2.62 bits per heavy atom. The molecule has 0 aromatic carbocycles. The van der Waals surface area contributed by atoms with Gasteiger partial charge in [0, 0.05) is 12.5 Å². The fourth-order valence-corrected chi connectivity index (χ4v) is 3.31. The van der Waals surface area contributed by atoms with E-state index in [1.165, 1.54) is 24.6 Å². The van der Waals surface area contributed by atoms with Crippen molar-refractivity contribution in [2.75, 3.05) is 25.9 Å². The zero-order chi connectivity index (χ0) is 15.4. The molecule has 0 bridgehead atoms. The molecule has 0 spiro atoms. The predicted octanol–water partition coefficient (Wildman–Crippen LogP) is 1.92. The van der Waals surface area contributed by atoms with E-state index in [0.29, 0.717) is 11.8 Å². The Morgan fingerprint density at radius 2 is 2.05 bits per heavy atom. The molecule has 0 unspecified atom stereocenters. The number of rotatable bonds is 6. The van der Waals surface area contributed by atoms with Crippen molar-refractivity contribution >= 4 is 17.7 Å². The van der Waals surface area contributed by atoms with Gasteiger partial charge in [-0.05, 0) is 38.9 Å². The normalized spacial score (nSPS) is 17.5. The molecule has 0 aliphatic carbocycles. The van der Waals surface area contributed by atoms with E-state index in [0.717, 1.165) is 30.6 Å². The summed E-state index contributed by atoms with van der Waals surface area (Å²) in [5, 5.41) is 18.0. The third-order valence-electron chi connectivity index (χ3n) is 3.87. The lowest BCUT2D eigenvalue weighted by molar-refractivity contribution is -0.133. The summed E-state index contributed by atoms with van der Waals surface area (Å²) >= 11 is 1.26. The molecule has 1 aromatic rings. The zero-order valence-electron chi connectivity index (χ0n) is 12.9. The van der Waals surface area contributed by atoms with Gasteiger partial charge < -0.3 is 14.6 Å². The van der Waals surface area contributed by atoms with Crippen LogP contribution in [-0.4, -0.2) is 56.6 Å². The van der Waals surface area contributed by atoms with Crippen molar-refractivity contribution in [3.8, 4) is 0 Å². The minimum absolute atomic E-state index is 0.0314. The number of hydrogen-bond acceptors (Lipinski definition) is 5. The standard InChI is InChI=1S/C14H24N4O2S/c1-10(2)13-15-16-14(21-9-12(19)20)18(13)8-11-4-6-17(3)7-5-11/h10-11H,4-9H2,1-3H3,(H,19,20). The lowest BCUT2D eigenvalue weighted by atomic mass is 9.97. The Bertz CT molecular complexity index is 481. The molecule has 1 aliphatic heterocycles. The second kappa shape index (κ2) is 7.26. The minimum atomic E-state index is -0.820. The van der Waals surface area contributed by atoms with Crippen LogP contribution < -0.4 is 0 Å². The van der Waals surface area contributed by atoms with Crippen molar-refractivity contribution in [3.05, 3.63) is 5.82 Å². The zero-order valence-corrected chi connectivity index (χ0v) is 13.8. The number of carboxylic acids is 1. The summed E-state index contributed by atoms with van der Waals surface area (Å²) in [6, 6.07) is 0. The number of hydrogen-bond donors (Lipinski definition) is 1. The highest BCUT2D eigenvalue weighted by Gasteiger charge is 2.22. The molecular formula is C14H24N4O2S. The summed E-state index contributed by atoms with van der Waals surface area (Å²) < 4.78 is 2.13. The molecule has 118 valence electrons. The number of carbonyl (C=O) groups is 1. The fourth-order valence-electron chi connectivity index (χ4n) is 2.63. The first-order valence-corrected chi connectivity index (χ1v) is 8.42. The van der Waals surface area contributed by atoms with Gasteiger partial charge in [0.2, 0.25) is 0 Å². The Balaban J connectivity index is 2.10. The number of aliphatic carboxylic acids is 1. The third-order valence-corrected chi connectivity index (χ3v) is 4.82. The Morgan fingerprint density at radius 1 is 1.38 bits per heavy atom. The molecule has 0 radical (unpaired) electrons. The van der Waals surface area contributed by atoms with Crippen molar-refractivity contribution in [2.45, 2.75) is 44.3 Å². The highest BCUT2D eigenvalue weighted by Crippen LogP contribution is 2.25. The topological polar surface area (TPSA) is 71.2 Å². The van der Waals surface area contributed by atoms with Crippen LogP contribution in [0.4, 0.5) is 0 Å². The van der Waals surface area contributed by atoms with Crippen molar-refractivity contribution < 1.29 is 9.90 Å². The number of piperidine rings is 1. The molecule has 1 saturated heterocycles. The van der Waals surface area contributed by atoms with Gasteiger partial charge in [-0.15, -0.1) is 10.2 Å². The molecule has 21 heavy (non-hydrogen) atoms. The monoisotopic (exact) mass is 312 g/mol. The van der Waals surface area contributed by atoms with E-state index in [-0.39, 0.29) is 5.75 Å². The van der Waals surface area contributed by atoms with Crippen LogP contribution in [0.3, 0.4) is 0 Å². The molecule has 2 heterocycles. The van der Waals surface area contributed by atoms with Gasteiger partial charge in [-0.1, -0.05) is 25.6 Å². The van der Waals surface area contributed by atoms with E-state index in [2.05, 4.69) is 40.6 Å². The van der Waals surface area contributed by atoms with Crippen LogP contribution in [0.15, 0.2) is 5.16 Å². The Kier molecular flexibility index (Phi) is 5.64. The van der Waals surface area contributed by atoms with E-state index in [9.17, 15) is 4.79 Å². The SMILES string of the molecule is CC(C)c1nnc(SCC(=O)O)n1CC1CCN(C)CC1. The highest BCUT2D eigenvalue weighted by atomic mass is 32.2. The molecule has 1 N–H and O–H groups in total. The van der Waals surface area contributed by atoms with Gasteiger partial charge in [0.05, 0.1) is 5.75 Å².